The van der Waals surface area contributed by atoms with Crippen LogP contribution in [0.1, 0.15) is 83.8 Å². The number of nitrogens with zero attached hydrogens (tertiary/aromatic N) is 1. The summed E-state index contributed by atoms with van der Waals surface area (Å²) in [5, 5.41) is 22.1. The minimum atomic E-state index is -1.27. The van der Waals surface area contributed by atoms with Gasteiger partial charge in [-0.3, -0.25) is 9.59 Å². The van der Waals surface area contributed by atoms with Gasteiger partial charge in [-0.15, -0.1) is 6.58 Å². The van der Waals surface area contributed by atoms with Crippen LogP contribution in [0.5, 0.6) is 0 Å². The van der Waals surface area contributed by atoms with E-state index in [1.807, 2.05) is 32.0 Å². The molecular formula is C30H41NO6. The number of allylic oxidation sites excluding steroid dienone is 2. The maximum atomic E-state index is 13.5. The number of aliphatic hydroxyl groups is 2. The third-order valence-corrected chi connectivity index (χ3v) is 7.66. The third kappa shape index (κ3) is 6.96. The number of aliphatic hydroxyl groups excluding tert-OH is 2. The van der Waals surface area contributed by atoms with Crippen LogP contribution in [0.15, 0.2) is 46.9 Å². The lowest BCUT2D eigenvalue weighted by molar-refractivity contribution is -0.156. The fraction of sp³-hybridized carbons (Fsp3) is 0.567. The Morgan fingerprint density at radius 2 is 1.95 bits per heavy atom. The van der Waals surface area contributed by atoms with Crippen molar-refractivity contribution in [2.75, 3.05) is 0 Å². The molecule has 7 nitrogen and oxygen atoms in total. The van der Waals surface area contributed by atoms with Gasteiger partial charge in [0.2, 0.25) is 0 Å². The number of carbonyl (C=O) groups is 2. The van der Waals surface area contributed by atoms with Crippen molar-refractivity contribution in [1.29, 1.82) is 0 Å². The van der Waals surface area contributed by atoms with Gasteiger partial charge < -0.3 is 19.4 Å². The second kappa shape index (κ2) is 12.2. The average molecular weight is 512 g/mol. The average Bonchev–Trinajstić information content (AvgIpc) is 3.22. The zero-order valence-corrected chi connectivity index (χ0v) is 22.7. The molecule has 0 amide bonds. The smallest absolute Gasteiger partial charge is 0.309 e. The van der Waals surface area contributed by atoms with Crippen molar-refractivity contribution >= 4 is 22.9 Å². The number of esters is 1. The molecular weight excluding hydrogens is 470 g/mol. The number of hydrogen-bond acceptors (Lipinski definition) is 7. The van der Waals surface area contributed by atoms with Crippen LogP contribution in [0.4, 0.5) is 0 Å². The first-order chi connectivity index (χ1) is 17.4. The van der Waals surface area contributed by atoms with Gasteiger partial charge in [-0.1, -0.05) is 44.6 Å². The summed E-state index contributed by atoms with van der Waals surface area (Å²) in [6.07, 6.45) is 3.89. The van der Waals surface area contributed by atoms with Gasteiger partial charge in [0, 0.05) is 19.3 Å². The molecule has 3 rings (SSSR count). The Bertz CT molecular complexity index is 1150. The standard InChI is InChI=1S/C30H41NO6/c1-7-9-22-28(34)19(3)11-8-10-18(2)12-14-24(21-13-15-25-23(16-21)31-20(4)36-25)37-27(33)17-26(32)30(5,6)29(22)35/h7,12-13,15-16,19,22,24,26,28,32,34H,1,8-11,14,17H2,2-6H3/b18-12-/t19-,22+,24-,26+,28-/m0/s1. The number of carbonyl (C=O) groups excluding carboxylic acids is 2. The molecule has 1 aromatic carbocycles. The highest BCUT2D eigenvalue weighted by Crippen LogP contribution is 2.35. The number of oxazole rings is 1. The van der Waals surface area contributed by atoms with E-state index in [0.717, 1.165) is 30.4 Å². The minimum absolute atomic E-state index is 0.0992. The predicted molar refractivity (Wildman–Crippen MR) is 143 cm³/mol. The Hall–Kier alpha value is -2.77. The van der Waals surface area contributed by atoms with Crippen molar-refractivity contribution < 1.29 is 29.0 Å². The van der Waals surface area contributed by atoms with Crippen LogP contribution in [0.25, 0.3) is 11.1 Å². The number of hydrogen-bond donors (Lipinski definition) is 2. The second-order valence-corrected chi connectivity index (χ2v) is 11.0. The summed E-state index contributed by atoms with van der Waals surface area (Å²) in [5.74, 6) is -1.12. The molecule has 0 saturated heterocycles. The summed E-state index contributed by atoms with van der Waals surface area (Å²) in [7, 11) is 0. The quantitative estimate of drug-likeness (QED) is 0.397. The topological polar surface area (TPSA) is 110 Å². The van der Waals surface area contributed by atoms with Crippen LogP contribution in [0.3, 0.4) is 0 Å². The van der Waals surface area contributed by atoms with Crippen molar-refractivity contribution in [1.82, 2.24) is 4.98 Å². The SMILES string of the molecule is C=CC[C@H]1C(=O)C(C)(C)[C@H](O)CC(=O)O[C@H](c2ccc3oc(C)nc3c2)C/C=C(/C)CCC[C@H](C)[C@@H]1O. The fourth-order valence-corrected chi connectivity index (χ4v) is 5.04. The van der Waals surface area contributed by atoms with E-state index < -0.39 is 35.6 Å². The molecule has 0 bridgehead atoms. The first-order valence-electron chi connectivity index (χ1n) is 13.2. The molecule has 0 spiro atoms. The molecule has 5 atom stereocenters. The molecule has 1 aliphatic rings. The Labute approximate surface area is 219 Å². The van der Waals surface area contributed by atoms with Crippen LogP contribution in [0.2, 0.25) is 0 Å². The number of aromatic nitrogens is 1. The summed E-state index contributed by atoms with van der Waals surface area (Å²) in [6.45, 7) is 12.8. The Morgan fingerprint density at radius 1 is 1.22 bits per heavy atom. The molecule has 1 aliphatic heterocycles. The Balaban J connectivity index is 1.93. The number of rotatable bonds is 3. The molecule has 2 aromatic rings. The van der Waals surface area contributed by atoms with Gasteiger partial charge in [0.15, 0.2) is 11.5 Å². The summed E-state index contributed by atoms with van der Waals surface area (Å²) < 4.78 is 11.5. The lowest BCUT2D eigenvalue weighted by Crippen LogP contribution is -2.46. The molecule has 37 heavy (non-hydrogen) atoms. The molecule has 0 saturated carbocycles. The van der Waals surface area contributed by atoms with Gasteiger partial charge in [0.25, 0.3) is 0 Å². The molecule has 7 heteroatoms. The highest BCUT2D eigenvalue weighted by molar-refractivity contribution is 5.88. The highest BCUT2D eigenvalue weighted by atomic mass is 16.5. The Kier molecular flexibility index (Phi) is 9.48. The molecule has 2 N–H and O–H groups in total. The monoisotopic (exact) mass is 511 g/mol. The van der Waals surface area contributed by atoms with Crippen molar-refractivity contribution in [3.05, 3.63) is 54.0 Å². The van der Waals surface area contributed by atoms with Gasteiger partial charge >= 0.3 is 5.97 Å². The van der Waals surface area contributed by atoms with E-state index in [2.05, 4.69) is 17.6 Å². The predicted octanol–water partition coefficient (Wildman–Crippen LogP) is 5.78. The van der Waals surface area contributed by atoms with Gasteiger partial charge in [-0.05, 0) is 56.2 Å². The maximum absolute atomic E-state index is 13.5. The number of Topliss-reactive ketones (excluding diaryl/α,β-unsaturated/α-hetero) is 1. The molecule has 0 fully saturated rings. The number of benzene rings is 1. The maximum Gasteiger partial charge on any atom is 0.309 e. The number of ether oxygens (including phenoxy) is 1. The molecule has 1 aromatic heterocycles. The summed E-state index contributed by atoms with van der Waals surface area (Å²) >= 11 is 0. The number of aryl methyl sites for hydroxylation is 1. The van der Waals surface area contributed by atoms with Gasteiger partial charge in [0.05, 0.1) is 24.0 Å². The van der Waals surface area contributed by atoms with Crippen molar-refractivity contribution in [2.24, 2.45) is 17.3 Å². The van der Waals surface area contributed by atoms with E-state index in [4.69, 9.17) is 9.15 Å². The van der Waals surface area contributed by atoms with Crippen LogP contribution in [-0.2, 0) is 14.3 Å². The van der Waals surface area contributed by atoms with E-state index in [1.54, 1.807) is 26.8 Å². The minimum Gasteiger partial charge on any atom is -0.457 e. The van der Waals surface area contributed by atoms with Crippen LogP contribution >= 0.6 is 0 Å². The fourth-order valence-electron chi connectivity index (χ4n) is 5.04. The van der Waals surface area contributed by atoms with Crippen molar-refractivity contribution in [2.45, 2.75) is 91.5 Å². The van der Waals surface area contributed by atoms with E-state index in [1.165, 1.54) is 0 Å². The van der Waals surface area contributed by atoms with Gasteiger partial charge in [0.1, 0.15) is 17.4 Å². The summed E-state index contributed by atoms with van der Waals surface area (Å²) in [6, 6.07) is 5.54. The van der Waals surface area contributed by atoms with E-state index in [0.29, 0.717) is 29.8 Å². The molecule has 0 unspecified atom stereocenters. The lowest BCUT2D eigenvalue weighted by Gasteiger charge is -2.35. The van der Waals surface area contributed by atoms with Gasteiger partial charge in [-0.2, -0.15) is 0 Å². The Morgan fingerprint density at radius 3 is 2.65 bits per heavy atom. The first-order valence-corrected chi connectivity index (χ1v) is 13.2. The first kappa shape index (κ1) is 28.8. The zero-order chi connectivity index (χ0) is 27.3. The second-order valence-electron chi connectivity index (χ2n) is 11.0. The summed E-state index contributed by atoms with van der Waals surface area (Å²) in [4.78, 5) is 31.0. The molecule has 0 radical (unpaired) electrons. The largest absolute Gasteiger partial charge is 0.457 e. The number of cyclic esters (lactones) is 1. The molecule has 2 heterocycles. The summed E-state index contributed by atoms with van der Waals surface area (Å²) in [5.41, 5.74) is 2.04. The van der Waals surface area contributed by atoms with Crippen molar-refractivity contribution in [3.8, 4) is 0 Å². The van der Waals surface area contributed by atoms with Crippen LogP contribution < -0.4 is 0 Å². The van der Waals surface area contributed by atoms with Crippen molar-refractivity contribution in [3.63, 3.8) is 0 Å². The van der Waals surface area contributed by atoms with Crippen LogP contribution in [0, 0.1) is 24.2 Å². The van der Waals surface area contributed by atoms with Gasteiger partial charge in [-0.25, -0.2) is 4.98 Å². The lowest BCUT2D eigenvalue weighted by atomic mass is 9.71. The van der Waals surface area contributed by atoms with Crippen LogP contribution in [-0.4, -0.2) is 39.2 Å². The number of fused-ring (bicyclic) bond motifs is 1. The third-order valence-electron chi connectivity index (χ3n) is 7.66. The normalized spacial score (nSPS) is 29.9. The van der Waals surface area contributed by atoms with E-state index in [-0.39, 0.29) is 18.1 Å². The van der Waals surface area contributed by atoms with E-state index in [9.17, 15) is 19.8 Å². The zero-order valence-electron chi connectivity index (χ0n) is 22.7. The van der Waals surface area contributed by atoms with E-state index >= 15 is 0 Å². The molecule has 202 valence electrons. The molecule has 0 aliphatic carbocycles. The number of ketones is 1. The highest BCUT2D eigenvalue weighted by Gasteiger charge is 2.43.